The molecule has 3 rings (SSSR count). The summed E-state index contributed by atoms with van der Waals surface area (Å²) in [6.07, 6.45) is 0.740. The van der Waals surface area contributed by atoms with E-state index in [1.807, 2.05) is 6.07 Å². The Morgan fingerprint density at radius 1 is 0.867 bits per heavy atom. The minimum atomic E-state index is -0.167. The van der Waals surface area contributed by atoms with Gasteiger partial charge in [0.1, 0.15) is 0 Å². The van der Waals surface area contributed by atoms with Crippen LogP contribution in [0.5, 0.6) is 0 Å². The van der Waals surface area contributed by atoms with Gasteiger partial charge in [-0.15, -0.1) is 11.8 Å². The van der Waals surface area contributed by atoms with Crippen molar-refractivity contribution < 1.29 is 9.59 Å². The molecule has 2 amide bonds. The van der Waals surface area contributed by atoms with Crippen LogP contribution in [0.25, 0.3) is 0 Å². The summed E-state index contributed by atoms with van der Waals surface area (Å²) in [5.74, 6) is 0.357. The summed E-state index contributed by atoms with van der Waals surface area (Å²) < 4.78 is 0. The number of hydrogen-bond donors (Lipinski definition) is 2. The predicted octanol–water partition coefficient (Wildman–Crippen LogP) is 2.84. The Morgan fingerprint density at radius 2 is 1.50 bits per heavy atom. The fraction of sp³-hybridized carbons (Fsp3) is 0.391. The van der Waals surface area contributed by atoms with E-state index in [4.69, 9.17) is 0 Å². The Labute approximate surface area is 183 Å². The average molecular weight is 427 g/mol. The van der Waals surface area contributed by atoms with Gasteiger partial charge in [0.05, 0.1) is 0 Å². The molecule has 2 aromatic rings. The Morgan fingerprint density at radius 3 is 2.17 bits per heavy atom. The van der Waals surface area contributed by atoms with Crippen LogP contribution >= 0.6 is 11.8 Å². The molecule has 0 unspecified atom stereocenters. The first-order chi connectivity index (χ1) is 14.6. The van der Waals surface area contributed by atoms with Crippen LogP contribution in [-0.2, 0) is 9.59 Å². The molecule has 1 fully saturated rings. The average Bonchev–Trinajstić information content (AvgIpc) is 2.78. The second-order valence-corrected chi connectivity index (χ2v) is 8.59. The molecule has 1 saturated heterocycles. The number of benzene rings is 2. The molecule has 0 bridgehead atoms. The third-order valence-electron chi connectivity index (χ3n) is 5.11. The number of anilines is 1. The van der Waals surface area contributed by atoms with Crippen molar-refractivity contribution in [2.24, 2.45) is 0 Å². The summed E-state index contributed by atoms with van der Waals surface area (Å²) in [6, 6.07) is 18.6. The topological polar surface area (TPSA) is 64.7 Å². The van der Waals surface area contributed by atoms with Crippen molar-refractivity contribution in [1.82, 2.24) is 15.8 Å². The zero-order chi connectivity index (χ0) is 21.2. The van der Waals surface area contributed by atoms with Crippen molar-refractivity contribution in [2.75, 3.05) is 43.4 Å². The van der Waals surface area contributed by atoms with Crippen LogP contribution in [0.4, 0.5) is 5.69 Å². The highest BCUT2D eigenvalue weighted by Crippen LogP contribution is 2.19. The number of nitrogens with zero attached hydrogens (tertiary/aromatic N) is 2. The lowest BCUT2D eigenvalue weighted by molar-refractivity contribution is -0.128. The molecule has 1 heterocycles. The molecule has 30 heavy (non-hydrogen) atoms. The van der Waals surface area contributed by atoms with E-state index in [1.165, 1.54) is 11.3 Å². The van der Waals surface area contributed by atoms with Crippen molar-refractivity contribution in [3.05, 3.63) is 60.2 Å². The zero-order valence-electron chi connectivity index (χ0n) is 17.5. The molecule has 0 saturated carbocycles. The Hall–Kier alpha value is -2.51. The van der Waals surface area contributed by atoms with Gasteiger partial charge in [-0.25, -0.2) is 0 Å². The first kappa shape index (κ1) is 22.2. The minimum Gasteiger partial charge on any atom is -0.369 e. The van der Waals surface area contributed by atoms with Gasteiger partial charge in [-0.2, -0.15) is 0 Å². The maximum absolute atomic E-state index is 12.0. The van der Waals surface area contributed by atoms with E-state index in [2.05, 4.69) is 76.1 Å². The van der Waals surface area contributed by atoms with Crippen LogP contribution < -0.4 is 15.8 Å². The SMILES string of the molecule is Cc1ccc(SCCC(=O)NNC(=O)CCN2CCN(c3ccccc3)CC2)cc1. The highest BCUT2D eigenvalue weighted by molar-refractivity contribution is 7.99. The number of nitrogens with one attached hydrogen (secondary N) is 2. The fourth-order valence-corrected chi connectivity index (χ4v) is 4.14. The smallest absolute Gasteiger partial charge is 0.239 e. The molecule has 0 aromatic heterocycles. The van der Waals surface area contributed by atoms with E-state index < -0.39 is 0 Å². The van der Waals surface area contributed by atoms with Gasteiger partial charge in [0.2, 0.25) is 11.8 Å². The number of aryl methyl sites for hydroxylation is 1. The third kappa shape index (κ3) is 7.39. The molecule has 2 aromatic carbocycles. The largest absolute Gasteiger partial charge is 0.369 e. The van der Waals surface area contributed by atoms with Crippen molar-refractivity contribution in [2.45, 2.75) is 24.7 Å². The predicted molar refractivity (Wildman–Crippen MR) is 123 cm³/mol. The summed E-state index contributed by atoms with van der Waals surface area (Å²) in [4.78, 5) is 29.7. The van der Waals surface area contributed by atoms with Crippen LogP contribution in [0.2, 0.25) is 0 Å². The van der Waals surface area contributed by atoms with Crippen molar-refractivity contribution in [1.29, 1.82) is 0 Å². The second kappa shape index (κ2) is 11.6. The van der Waals surface area contributed by atoms with E-state index in [0.29, 0.717) is 25.1 Å². The lowest BCUT2D eigenvalue weighted by Crippen LogP contribution is -2.48. The first-order valence-electron chi connectivity index (χ1n) is 10.4. The molecule has 2 N–H and O–H groups in total. The van der Waals surface area contributed by atoms with Crippen LogP contribution in [-0.4, -0.2) is 55.2 Å². The molecule has 160 valence electrons. The standard InChI is InChI=1S/C23H30N4O2S/c1-19-7-9-21(10-8-19)30-18-12-23(29)25-24-22(28)11-13-26-14-16-27(17-15-26)20-5-3-2-4-6-20/h2-10H,11-18H2,1H3,(H,24,28)(H,25,29). The molecule has 0 aliphatic carbocycles. The molecule has 1 aliphatic rings. The van der Waals surface area contributed by atoms with Crippen molar-refractivity contribution in [3.8, 4) is 0 Å². The second-order valence-electron chi connectivity index (χ2n) is 7.42. The summed E-state index contributed by atoms with van der Waals surface area (Å²) in [5.41, 5.74) is 7.51. The van der Waals surface area contributed by atoms with Gasteiger partial charge in [0.25, 0.3) is 0 Å². The lowest BCUT2D eigenvalue weighted by Gasteiger charge is -2.36. The molecule has 7 heteroatoms. The number of piperazine rings is 1. The summed E-state index contributed by atoms with van der Waals surface area (Å²) in [5, 5.41) is 0. The minimum absolute atomic E-state index is 0.153. The van der Waals surface area contributed by atoms with Crippen molar-refractivity contribution >= 4 is 29.3 Å². The van der Waals surface area contributed by atoms with Gasteiger partial charge in [0.15, 0.2) is 0 Å². The normalized spacial score (nSPS) is 14.4. The molecule has 0 atom stereocenters. The van der Waals surface area contributed by atoms with E-state index in [0.717, 1.165) is 31.1 Å². The molecule has 0 spiro atoms. The maximum Gasteiger partial charge on any atom is 0.239 e. The molecular formula is C23H30N4O2S. The van der Waals surface area contributed by atoms with Crippen LogP contribution in [0.15, 0.2) is 59.5 Å². The van der Waals surface area contributed by atoms with Crippen molar-refractivity contribution in [3.63, 3.8) is 0 Å². The molecular weight excluding hydrogens is 396 g/mol. The summed E-state index contributed by atoms with van der Waals surface area (Å²) in [6.45, 7) is 6.54. The van der Waals surface area contributed by atoms with Gasteiger partial charge in [0, 0.05) is 61.9 Å². The van der Waals surface area contributed by atoms with Gasteiger partial charge in [-0.1, -0.05) is 35.9 Å². The third-order valence-corrected chi connectivity index (χ3v) is 6.12. The van der Waals surface area contributed by atoms with Crippen LogP contribution in [0.1, 0.15) is 18.4 Å². The Balaban J connectivity index is 1.25. The number of hydrogen-bond acceptors (Lipinski definition) is 5. The Kier molecular flexibility index (Phi) is 8.59. The van der Waals surface area contributed by atoms with E-state index in [-0.39, 0.29) is 11.8 Å². The molecule has 6 nitrogen and oxygen atoms in total. The van der Waals surface area contributed by atoms with Gasteiger partial charge in [-0.3, -0.25) is 25.3 Å². The summed E-state index contributed by atoms with van der Waals surface area (Å²) >= 11 is 1.64. The van der Waals surface area contributed by atoms with Gasteiger partial charge in [-0.05, 0) is 31.2 Å². The first-order valence-corrected chi connectivity index (χ1v) is 11.4. The van der Waals surface area contributed by atoms with Gasteiger partial charge < -0.3 is 4.90 Å². The monoisotopic (exact) mass is 426 g/mol. The van der Waals surface area contributed by atoms with Crippen LogP contribution in [0, 0.1) is 6.92 Å². The number of thioether (sulfide) groups is 1. The molecule has 0 radical (unpaired) electrons. The van der Waals surface area contributed by atoms with E-state index >= 15 is 0 Å². The van der Waals surface area contributed by atoms with E-state index in [1.54, 1.807) is 11.8 Å². The fourth-order valence-electron chi connectivity index (χ4n) is 3.29. The highest BCUT2D eigenvalue weighted by atomic mass is 32.2. The van der Waals surface area contributed by atoms with E-state index in [9.17, 15) is 9.59 Å². The Bertz CT molecular complexity index is 806. The maximum atomic E-state index is 12.0. The van der Waals surface area contributed by atoms with Gasteiger partial charge >= 0.3 is 0 Å². The number of carbonyl (C=O) groups is 2. The zero-order valence-corrected chi connectivity index (χ0v) is 18.3. The summed E-state index contributed by atoms with van der Waals surface area (Å²) in [7, 11) is 0. The number of amides is 2. The number of carbonyl (C=O) groups excluding carboxylic acids is 2. The number of para-hydroxylation sites is 1. The van der Waals surface area contributed by atoms with Crippen LogP contribution in [0.3, 0.4) is 0 Å². The highest BCUT2D eigenvalue weighted by Gasteiger charge is 2.17. The molecule has 1 aliphatic heterocycles. The number of rotatable bonds is 8. The number of hydrazine groups is 1. The lowest BCUT2D eigenvalue weighted by atomic mass is 10.2. The quantitative estimate of drug-likeness (QED) is 0.502.